The Bertz CT molecular complexity index is 757. The van der Waals surface area contributed by atoms with Crippen molar-refractivity contribution in [3.63, 3.8) is 0 Å². The number of rotatable bonds is 10. The molecule has 0 radical (unpaired) electrons. The van der Waals surface area contributed by atoms with E-state index in [-0.39, 0.29) is 41.4 Å². The van der Waals surface area contributed by atoms with Gasteiger partial charge in [-0.25, -0.2) is 0 Å². The van der Waals surface area contributed by atoms with Gasteiger partial charge in [0.2, 0.25) is 5.91 Å². The van der Waals surface area contributed by atoms with E-state index in [2.05, 4.69) is 20.4 Å². The number of benzene rings is 1. The molecule has 7 nitrogen and oxygen atoms in total. The Morgan fingerprint density at radius 2 is 1.91 bits per heavy atom. The molecule has 2 N–H and O–H groups in total. The summed E-state index contributed by atoms with van der Waals surface area (Å²) in [6, 6.07) is 4.98. The number of methoxy groups -OCH3 is 1. The Labute approximate surface area is 206 Å². The minimum atomic E-state index is -2.91. The number of nitrogens with one attached hydrogen (secondary N) is 2. The zero-order chi connectivity index (χ0) is 22.9. The van der Waals surface area contributed by atoms with Crippen molar-refractivity contribution >= 4 is 35.8 Å². The molecule has 1 aromatic carbocycles. The maximum Gasteiger partial charge on any atom is 0.387 e. The molecule has 0 heterocycles. The summed E-state index contributed by atoms with van der Waals surface area (Å²) in [6.07, 6.45) is 4.37. The maximum atomic E-state index is 12.7. The van der Waals surface area contributed by atoms with Gasteiger partial charge in [-0.15, -0.1) is 24.0 Å². The molecule has 0 spiro atoms. The molecule has 0 aromatic heterocycles. The summed E-state index contributed by atoms with van der Waals surface area (Å²) in [5, 5.41) is 6.47. The number of guanidine groups is 1. The van der Waals surface area contributed by atoms with Crippen LogP contribution in [0.3, 0.4) is 0 Å². The summed E-state index contributed by atoms with van der Waals surface area (Å²) in [6.45, 7) is 0.734. The van der Waals surface area contributed by atoms with Crippen LogP contribution >= 0.6 is 24.0 Å². The topological polar surface area (TPSA) is 75.2 Å². The minimum Gasteiger partial charge on any atom is -0.493 e. The van der Waals surface area contributed by atoms with Crippen LogP contribution in [-0.2, 0) is 11.2 Å². The van der Waals surface area contributed by atoms with Crippen molar-refractivity contribution < 1.29 is 23.0 Å². The molecule has 1 aliphatic rings. The lowest BCUT2D eigenvalue weighted by Crippen LogP contribution is -2.43. The fourth-order valence-corrected chi connectivity index (χ4v) is 3.93. The molecule has 1 aliphatic carbocycles. The van der Waals surface area contributed by atoms with Gasteiger partial charge in [0, 0.05) is 27.2 Å². The van der Waals surface area contributed by atoms with Crippen LogP contribution in [0.2, 0.25) is 0 Å². The fourth-order valence-electron chi connectivity index (χ4n) is 3.93. The average Bonchev–Trinajstić information content (AvgIpc) is 3.21. The molecule has 182 valence electrons. The number of hydrogen-bond donors (Lipinski definition) is 2. The highest BCUT2D eigenvalue weighted by Gasteiger charge is 2.42. The number of amides is 1. The second-order valence-corrected chi connectivity index (χ2v) is 7.92. The first-order chi connectivity index (χ1) is 14.8. The monoisotopic (exact) mass is 568 g/mol. The van der Waals surface area contributed by atoms with E-state index in [0.29, 0.717) is 32.0 Å². The van der Waals surface area contributed by atoms with Crippen molar-refractivity contribution in [1.82, 2.24) is 15.5 Å². The van der Waals surface area contributed by atoms with Gasteiger partial charge in [-0.1, -0.05) is 18.9 Å². The van der Waals surface area contributed by atoms with Crippen LogP contribution in [0, 0.1) is 5.41 Å². The van der Waals surface area contributed by atoms with Crippen molar-refractivity contribution in [2.24, 2.45) is 10.4 Å². The van der Waals surface area contributed by atoms with Crippen LogP contribution in [0.1, 0.15) is 38.2 Å². The normalized spacial score (nSPS) is 15.2. The molecule has 0 bridgehead atoms. The number of alkyl halides is 2. The summed E-state index contributed by atoms with van der Waals surface area (Å²) >= 11 is 0. The van der Waals surface area contributed by atoms with Gasteiger partial charge in [-0.2, -0.15) is 8.78 Å². The van der Waals surface area contributed by atoms with Crippen LogP contribution in [0.5, 0.6) is 11.5 Å². The predicted molar refractivity (Wildman–Crippen MR) is 132 cm³/mol. The van der Waals surface area contributed by atoms with Crippen molar-refractivity contribution in [3.8, 4) is 11.5 Å². The zero-order valence-electron chi connectivity index (χ0n) is 19.2. The molecule has 0 unspecified atom stereocenters. The molecule has 0 saturated heterocycles. The predicted octanol–water partition coefficient (Wildman–Crippen LogP) is 3.66. The molecule has 1 aromatic rings. The maximum absolute atomic E-state index is 12.7. The van der Waals surface area contributed by atoms with Gasteiger partial charge in [0.25, 0.3) is 0 Å². The van der Waals surface area contributed by atoms with Crippen molar-refractivity contribution in [2.45, 2.75) is 45.6 Å². The molecule has 1 amide bonds. The first kappa shape index (κ1) is 28.2. The number of hydrogen-bond acceptors (Lipinski definition) is 4. The second kappa shape index (κ2) is 13.6. The number of carbonyl (C=O) groups excluding carboxylic acids is 1. The molecule has 10 heteroatoms. The molecular weight excluding hydrogens is 533 g/mol. The Kier molecular flexibility index (Phi) is 12.0. The SMILES string of the molecule is CCNC(=NCC1(C(=O)N(C)C)CCCC1)NCCc1ccc(OC)c(OC(F)F)c1.I. The van der Waals surface area contributed by atoms with Crippen LogP contribution in [0.25, 0.3) is 0 Å². The summed E-state index contributed by atoms with van der Waals surface area (Å²) in [5.74, 6) is 1.05. The van der Waals surface area contributed by atoms with E-state index >= 15 is 0 Å². The highest BCUT2D eigenvalue weighted by molar-refractivity contribution is 14.0. The average molecular weight is 568 g/mol. The quantitative estimate of drug-likeness (QED) is 0.256. The van der Waals surface area contributed by atoms with E-state index in [1.165, 1.54) is 7.11 Å². The molecule has 0 aliphatic heterocycles. The lowest BCUT2D eigenvalue weighted by atomic mass is 9.85. The second-order valence-electron chi connectivity index (χ2n) is 7.92. The van der Waals surface area contributed by atoms with Crippen molar-refractivity contribution in [2.75, 3.05) is 40.8 Å². The third-order valence-electron chi connectivity index (χ3n) is 5.45. The number of carbonyl (C=O) groups is 1. The third-order valence-corrected chi connectivity index (χ3v) is 5.45. The van der Waals surface area contributed by atoms with Gasteiger partial charge in [0.05, 0.1) is 19.1 Å². The Morgan fingerprint density at radius 1 is 1.22 bits per heavy atom. The first-order valence-corrected chi connectivity index (χ1v) is 10.7. The minimum absolute atomic E-state index is 0. The number of aliphatic imine (C=N–C) groups is 1. The van der Waals surface area contributed by atoms with Crippen molar-refractivity contribution in [1.29, 1.82) is 0 Å². The Balaban J connectivity index is 0.00000512. The van der Waals surface area contributed by atoms with E-state index in [9.17, 15) is 13.6 Å². The number of ether oxygens (including phenoxy) is 2. The molecule has 0 atom stereocenters. The highest BCUT2D eigenvalue weighted by atomic mass is 127. The van der Waals surface area contributed by atoms with Gasteiger partial charge < -0.3 is 25.0 Å². The van der Waals surface area contributed by atoms with Gasteiger partial charge in [-0.3, -0.25) is 9.79 Å². The summed E-state index contributed by atoms with van der Waals surface area (Å²) in [4.78, 5) is 19.1. The van der Waals surface area contributed by atoms with E-state index in [1.807, 2.05) is 13.0 Å². The third kappa shape index (κ3) is 7.93. The van der Waals surface area contributed by atoms with E-state index in [1.54, 1.807) is 31.1 Å². The molecule has 1 fully saturated rings. The van der Waals surface area contributed by atoms with Crippen LogP contribution in [0.4, 0.5) is 8.78 Å². The van der Waals surface area contributed by atoms with E-state index < -0.39 is 12.0 Å². The number of halogens is 3. The van der Waals surface area contributed by atoms with Gasteiger partial charge >= 0.3 is 6.61 Å². The van der Waals surface area contributed by atoms with Gasteiger partial charge in [0.15, 0.2) is 17.5 Å². The Morgan fingerprint density at radius 3 is 2.47 bits per heavy atom. The standard InChI is InChI=1S/C22H34F2N4O3.HI/c1-5-25-21(27-15-22(11-6-7-12-22)19(29)28(2)3)26-13-10-16-8-9-17(30-4)18(14-16)31-20(23)24;/h8-9,14,20H,5-7,10-13,15H2,1-4H3,(H2,25,26,27);1H. The first-order valence-electron chi connectivity index (χ1n) is 10.7. The van der Waals surface area contributed by atoms with Crippen LogP contribution in [0.15, 0.2) is 23.2 Å². The lowest BCUT2D eigenvalue weighted by Gasteiger charge is -2.29. The molecule has 2 rings (SSSR count). The Hall–Kier alpha value is -1.85. The van der Waals surface area contributed by atoms with E-state index in [4.69, 9.17) is 4.74 Å². The molecule has 1 saturated carbocycles. The van der Waals surface area contributed by atoms with Crippen LogP contribution < -0.4 is 20.1 Å². The van der Waals surface area contributed by atoms with Crippen LogP contribution in [-0.4, -0.2) is 64.2 Å². The summed E-state index contributed by atoms with van der Waals surface area (Å²) in [7, 11) is 4.99. The lowest BCUT2D eigenvalue weighted by molar-refractivity contribution is -0.138. The molecule has 32 heavy (non-hydrogen) atoms. The zero-order valence-corrected chi connectivity index (χ0v) is 21.6. The highest BCUT2D eigenvalue weighted by Crippen LogP contribution is 2.39. The van der Waals surface area contributed by atoms with E-state index in [0.717, 1.165) is 31.2 Å². The van der Waals surface area contributed by atoms with Crippen molar-refractivity contribution in [3.05, 3.63) is 23.8 Å². The smallest absolute Gasteiger partial charge is 0.387 e. The fraction of sp³-hybridized carbons (Fsp3) is 0.636. The van der Waals surface area contributed by atoms with Gasteiger partial charge in [-0.05, 0) is 43.9 Å². The summed E-state index contributed by atoms with van der Waals surface area (Å²) < 4.78 is 34.8. The molecular formula is C22H35F2IN4O3. The summed E-state index contributed by atoms with van der Waals surface area (Å²) in [5.41, 5.74) is 0.401. The largest absolute Gasteiger partial charge is 0.493 e. The van der Waals surface area contributed by atoms with Gasteiger partial charge in [0.1, 0.15) is 0 Å². The number of nitrogens with zero attached hydrogens (tertiary/aromatic N) is 2.